The van der Waals surface area contributed by atoms with Crippen molar-refractivity contribution in [1.82, 2.24) is 14.3 Å². The van der Waals surface area contributed by atoms with Gasteiger partial charge in [0.2, 0.25) is 5.13 Å². The van der Waals surface area contributed by atoms with Gasteiger partial charge in [0.1, 0.15) is 5.69 Å². The lowest BCUT2D eigenvalue weighted by Crippen LogP contribution is -2.12. The Kier molecular flexibility index (Phi) is 5.63. The highest BCUT2D eigenvalue weighted by Crippen LogP contribution is 2.29. The van der Waals surface area contributed by atoms with Crippen molar-refractivity contribution < 1.29 is 18.0 Å². The number of pyridine rings is 1. The molecule has 2 aromatic carbocycles. The summed E-state index contributed by atoms with van der Waals surface area (Å²) in [6.45, 7) is 0. The van der Waals surface area contributed by atoms with Crippen molar-refractivity contribution in [2.45, 2.75) is 6.18 Å². The molecule has 0 aliphatic heterocycles. The Balaban J connectivity index is 1.41. The van der Waals surface area contributed by atoms with Crippen molar-refractivity contribution in [3.05, 3.63) is 84.1 Å². The van der Waals surface area contributed by atoms with Crippen LogP contribution in [0.15, 0.2) is 72.9 Å². The standard InChI is InChI=1S/C21H14F3N5OS/c22-21(23,24)14-8-6-13(7-9-14)19(30)28-20-27-18(29-31-20)17-11-10-16(12-25-17)26-15-4-2-1-3-5-15/h1-12,26H,(H,27,28,29,30). The van der Waals surface area contributed by atoms with Gasteiger partial charge in [-0.25, -0.2) is 0 Å². The van der Waals surface area contributed by atoms with Crippen molar-refractivity contribution in [3.8, 4) is 11.5 Å². The summed E-state index contributed by atoms with van der Waals surface area (Å²) >= 11 is 0.953. The van der Waals surface area contributed by atoms with Crippen molar-refractivity contribution >= 4 is 33.9 Å². The number of nitrogens with one attached hydrogen (secondary N) is 2. The highest BCUT2D eigenvalue weighted by molar-refractivity contribution is 7.10. The monoisotopic (exact) mass is 441 g/mol. The first-order chi connectivity index (χ1) is 14.9. The minimum atomic E-state index is -4.46. The van der Waals surface area contributed by atoms with Crippen molar-refractivity contribution in [2.24, 2.45) is 0 Å². The van der Waals surface area contributed by atoms with E-state index in [0.717, 1.165) is 47.2 Å². The zero-order chi connectivity index (χ0) is 21.8. The molecule has 2 heterocycles. The first-order valence-electron chi connectivity index (χ1n) is 8.99. The maximum absolute atomic E-state index is 12.6. The molecular weight excluding hydrogens is 427 g/mol. The molecule has 0 radical (unpaired) electrons. The number of hydrogen-bond donors (Lipinski definition) is 2. The molecule has 156 valence electrons. The molecule has 2 N–H and O–H groups in total. The summed E-state index contributed by atoms with van der Waals surface area (Å²) in [4.78, 5) is 20.8. The Morgan fingerprint density at radius 2 is 1.65 bits per heavy atom. The highest BCUT2D eigenvalue weighted by Gasteiger charge is 2.30. The minimum Gasteiger partial charge on any atom is -0.354 e. The number of carbonyl (C=O) groups is 1. The highest BCUT2D eigenvalue weighted by atomic mass is 32.1. The van der Waals surface area contributed by atoms with Crippen molar-refractivity contribution in [1.29, 1.82) is 0 Å². The van der Waals surface area contributed by atoms with Gasteiger partial charge in [0, 0.05) is 22.8 Å². The number of anilines is 3. The average molecular weight is 441 g/mol. The molecule has 0 spiro atoms. The number of hydrogen-bond acceptors (Lipinski definition) is 6. The van der Waals surface area contributed by atoms with Crippen molar-refractivity contribution in [3.63, 3.8) is 0 Å². The zero-order valence-electron chi connectivity index (χ0n) is 15.7. The second-order valence-electron chi connectivity index (χ2n) is 6.38. The van der Waals surface area contributed by atoms with E-state index in [1.807, 2.05) is 36.4 Å². The molecule has 31 heavy (non-hydrogen) atoms. The summed E-state index contributed by atoms with van der Waals surface area (Å²) < 4.78 is 42.1. The van der Waals surface area contributed by atoms with Gasteiger partial charge in [-0.05, 0) is 48.5 Å². The van der Waals surface area contributed by atoms with Gasteiger partial charge in [-0.3, -0.25) is 15.1 Å². The first-order valence-corrected chi connectivity index (χ1v) is 9.77. The number of amides is 1. The molecule has 0 aliphatic carbocycles. The lowest BCUT2D eigenvalue weighted by Gasteiger charge is -2.07. The smallest absolute Gasteiger partial charge is 0.354 e. The summed E-state index contributed by atoms with van der Waals surface area (Å²) in [6, 6.07) is 17.1. The Bertz CT molecular complexity index is 1180. The second kappa shape index (κ2) is 8.52. The van der Waals surface area contributed by atoms with Gasteiger partial charge in [0.25, 0.3) is 5.91 Å². The quantitative estimate of drug-likeness (QED) is 0.421. The summed E-state index contributed by atoms with van der Waals surface area (Å²) in [6.07, 6.45) is -2.81. The number of aromatic nitrogens is 3. The zero-order valence-corrected chi connectivity index (χ0v) is 16.5. The van der Waals surface area contributed by atoms with E-state index in [1.54, 1.807) is 12.3 Å². The van der Waals surface area contributed by atoms with Crippen LogP contribution in [0, 0.1) is 0 Å². The molecule has 0 unspecified atom stereocenters. The molecule has 4 aromatic rings. The van der Waals surface area contributed by atoms with Gasteiger partial charge in [0.05, 0.1) is 17.4 Å². The van der Waals surface area contributed by atoms with Crippen LogP contribution in [0.2, 0.25) is 0 Å². The van der Waals surface area contributed by atoms with E-state index < -0.39 is 17.6 Å². The molecular formula is C21H14F3N5OS. The Morgan fingerprint density at radius 1 is 0.903 bits per heavy atom. The lowest BCUT2D eigenvalue weighted by molar-refractivity contribution is -0.137. The molecule has 1 amide bonds. The summed E-state index contributed by atoms with van der Waals surface area (Å²) in [5, 5.41) is 5.97. The number of benzene rings is 2. The van der Waals surface area contributed by atoms with Gasteiger partial charge in [-0.15, -0.1) is 0 Å². The van der Waals surface area contributed by atoms with Crippen LogP contribution in [-0.4, -0.2) is 20.2 Å². The predicted molar refractivity (Wildman–Crippen MR) is 112 cm³/mol. The number of alkyl halides is 3. The van der Waals surface area contributed by atoms with Gasteiger partial charge >= 0.3 is 6.18 Å². The van der Waals surface area contributed by atoms with Gasteiger partial charge in [0.15, 0.2) is 5.82 Å². The Morgan fingerprint density at radius 3 is 2.29 bits per heavy atom. The lowest BCUT2D eigenvalue weighted by atomic mass is 10.1. The fraction of sp³-hybridized carbons (Fsp3) is 0.0476. The molecule has 0 saturated heterocycles. The molecule has 0 fully saturated rings. The maximum Gasteiger partial charge on any atom is 0.416 e. The van der Waals surface area contributed by atoms with Crippen LogP contribution in [0.1, 0.15) is 15.9 Å². The van der Waals surface area contributed by atoms with Crippen LogP contribution in [-0.2, 0) is 6.18 Å². The molecule has 0 bridgehead atoms. The van der Waals surface area contributed by atoms with Gasteiger partial charge < -0.3 is 5.32 Å². The fourth-order valence-electron chi connectivity index (χ4n) is 2.65. The minimum absolute atomic E-state index is 0.0826. The van der Waals surface area contributed by atoms with E-state index in [1.165, 1.54) is 0 Å². The first kappa shape index (κ1) is 20.5. The third-order valence-corrected chi connectivity index (χ3v) is 4.81. The molecule has 6 nitrogen and oxygen atoms in total. The molecule has 0 saturated carbocycles. The van der Waals surface area contributed by atoms with Gasteiger partial charge in [-0.2, -0.15) is 22.5 Å². The van der Waals surface area contributed by atoms with Gasteiger partial charge in [-0.1, -0.05) is 18.2 Å². The SMILES string of the molecule is O=C(Nc1nc(-c2ccc(Nc3ccccc3)cn2)ns1)c1ccc(C(F)(F)F)cc1. The van der Waals surface area contributed by atoms with Crippen LogP contribution >= 0.6 is 11.5 Å². The van der Waals surface area contributed by atoms with Crippen LogP contribution in [0.5, 0.6) is 0 Å². The third-order valence-electron chi connectivity index (χ3n) is 4.18. The Labute approximate surface area is 179 Å². The normalized spacial score (nSPS) is 11.2. The summed E-state index contributed by atoms with van der Waals surface area (Å²) in [5.74, 6) is -0.245. The number of nitrogens with zero attached hydrogens (tertiary/aromatic N) is 3. The maximum atomic E-state index is 12.6. The summed E-state index contributed by atoms with van der Waals surface area (Å²) in [5.41, 5.74) is 1.50. The van der Waals surface area contributed by atoms with E-state index >= 15 is 0 Å². The van der Waals surface area contributed by atoms with Crippen molar-refractivity contribution in [2.75, 3.05) is 10.6 Å². The average Bonchev–Trinajstić information content (AvgIpc) is 3.23. The molecule has 0 atom stereocenters. The number of rotatable bonds is 5. The van der Waals surface area contributed by atoms with E-state index in [4.69, 9.17) is 0 Å². The van der Waals surface area contributed by atoms with Crippen LogP contribution in [0.4, 0.5) is 29.7 Å². The van der Waals surface area contributed by atoms with Crippen LogP contribution in [0.25, 0.3) is 11.5 Å². The third kappa shape index (κ3) is 5.04. The van der Waals surface area contributed by atoms with E-state index in [9.17, 15) is 18.0 Å². The van der Waals surface area contributed by atoms with E-state index in [2.05, 4.69) is 25.0 Å². The molecule has 0 aliphatic rings. The number of carbonyl (C=O) groups excluding carboxylic acids is 1. The molecule has 10 heteroatoms. The second-order valence-corrected chi connectivity index (χ2v) is 7.13. The Hall–Kier alpha value is -3.79. The fourth-order valence-corrected chi connectivity index (χ4v) is 3.22. The number of para-hydroxylation sites is 1. The summed E-state index contributed by atoms with van der Waals surface area (Å²) in [7, 11) is 0. The topological polar surface area (TPSA) is 79.8 Å². The number of halogens is 3. The van der Waals surface area contributed by atoms with Crippen LogP contribution < -0.4 is 10.6 Å². The molecule has 2 aromatic heterocycles. The molecule has 4 rings (SSSR count). The predicted octanol–water partition coefficient (Wildman–Crippen LogP) is 5.61. The largest absolute Gasteiger partial charge is 0.416 e. The van der Waals surface area contributed by atoms with Crippen LogP contribution in [0.3, 0.4) is 0 Å². The van der Waals surface area contributed by atoms with E-state index in [-0.39, 0.29) is 10.7 Å². The van der Waals surface area contributed by atoms with E-state index in [0.29, 0.717) is 11.5 Å².